The minimum Gasteiger partial charge on any atom is -0.504 e. The highest BCUT2D eigenvalue weighted by molar-refractivity contribution is 6.34. The number of hydrogen-bond acceptors (Lipinski definition) is 5. The molecular weight excluding hydrogens is 349 g/mol. The van der Waals surface area contributed by atoms with E-state index in [-0.39, 0.29) is 12.4 Å². The molecule has 5 nitrogen and oxygen atoms in total. The van der Waals surface area contributed by atoms with Crippen LogP contribution in [0.2, 0.25) is 10.0 Å². The summed E-state index contributed by atoms with van der Waals surface area (Å²) in [7, 11) is 0. The molecule has 1 aliphatic heterocycles. The maximum absolute atomic E-state index is 10.3. The summed E-state index contributed by atoms with van der Waals surface area (Å²) in [6.07, 6.45) is 5.33. The van der Waals surface area contributed by atoms with Crippen molar-refractivity contribution in [3.05, 3.63) is 51.6 Å². The molecule has 3 rings (SSSR count). The highest BCUT2D eigenvalue weighted by Gasteiger charge is 2.21. The molecular formula is C17H17Cl2N3O2. The Morgan fingerprint density at radius 3 is 2.67 bits per heavy atom. The van der Waals surface area contributed by atoms with Crippen LogP contribution in [-0.4, -0.2) is 34.9 Å². The van der Waals surface area contributed by atoms with Gasteiger partial charge in [0.15, 0.2) is 5.75 Å². The highest BCUT2D eigenvalue weighted by Crippen LogP contribution is 2.38. The number of benzene rings is 1. The summed E-state index contributed by atoms with van der Waals surface area (Å²) < 4.78 is 0. The molecule has 0 unspecified atom stereocenters. The zero-order chi connectivity index (χ0) is 17.1. The monoisotopic (exact) mass is 365 g/mol. The van der Waals surface area contributed by atoms with E-state index in [1.54, 1.807) is 6.07 Å². The van der Waals surface area contributed by atoms with Crippen LogP contribution >= 0.6 is 23.2 Å². The number of rotatable bonds is 5. The lowest BCUT2D eigenvalue weighted by molar-refractivity contribution is 0.311. The van der Waals surface area contributed by atoms with Crippen LogP contribution in [0.15, 0.2) is 30.5 Å². The van der Waals surface area contributed by atoms with Gasteiger partial charge in [0.1, 0.15) is 5.82 Å². The Labute approximate surface area is 150 Å². The smallest absolute Gasteiger partial charge is 0.158 e. The average molecular weight is 366 g/mol. The number of aliphatic hydroxyl groups excluding tert-OH is 1. The number of fused-ring (bicyclic) bond motifs is 1. The molecule has 0 spiro atoms. The van der Waals surface area contributed by atoms with Crippen molar-refractivity contribution in [2.75, 3.05) is 29.9 Å². The molecule has 1 aromatic carbocycles. The quantitative estimate of drug-likeness (QED) is 0.755. The molecule has 0 aliphatic carbocycles. The predicted molar refractivity (Wildman–Crippen MR) is 98.0 cm³/mol. The second-order valence-electron chi connectivity index (χ2n) is 5.47. The summed E-state index contributed by atoms with van der Waals surface area (Å²) in [5.41, 5.74) is 2.45. The van der Waals surface area contributed by atoms with Gasteiger partial charge in [0.2, 0.25) is 0 Å². The molecule has 1 aromatic heterocycles. The van der Waals surface area contributed by atoms with Gasteiger partial charge in [0.05, 0.1) is 18.5 Å². The first-order valence-corrected chi connectivity index (χ1v) is 8.27. The van der Waals surface area contributed by atoms with Gasteiger partial charge in [-0.25, -0.2) is 4.98 Å². The number of nitrogens with zero attached hydrogens (tertiary/aromatic N) is 2. The molecule has 0 saturated heterocycles. The Hall–Kier alpha value is -1.95. The molecule has 0 bridgehead atoms. The summed E-state index contributed by atoms with van der Waals surface area (Å²) in [5, 5.41) is 23.5. The van der Waals surface area contributed by atoms with Crippen LogP contribution < -0.4 is 10.2 Å². The Balaban J connectivity index is 1.94. The first-order valence-electron chi connectivity index (χ1n) is 7.51. The van der Waals surface area contributed by atoms with Crippen LogP contribution in [0, 0.1) is 0 Å². The van der Waals surface area contributed by atoms with Gasteiger partial charge in [0.25, 0.3) is 0 Å². The van der Waals surface area contributed by atoms with Crippen LogP contribution in [0.3, 0.4) is 0 Å². The van der Waals surface area contributed by atoms with E-state index in [4.69, 9.17) is 28.3 Å². The van der Waals surface area contributed by atoms with Crippen LogP contribution in [0.25, 0.3) is 6.08 Å². The molecule has 2 aromatic rings. The minimum atomic E-state index is 0.00573. The topological polar surface area (TPSA) is 68.6 Å². The normalized spacial score (nSPS) is 13.0. The van der Waals surface area contributed by atoms with Crippen LogP contribution in [0.4, 0.5) is 11.5 Å². The minimum absolute atomic E-state index is 0.00573. The second kappa shape index (κ2) is 7.30. The first-order chi connectivity index (χ1) is 11.6. The number of nitrogens with one attached hydrogen (secondary N) is 1. The zero-order valence-corrected chi connectivity index (χ0v) is 14.3. The van der Waals surface area contributed by atoms with Gasteiger partial charge in [-0.3, -0.25) is 0 Å². The van der Waals surface area contributed by atoms with E-state index >= 15 is 0 Å². The van der Waals surface area contributed by atoms with Crippen molar-refractivity contribution in [3.8, 4) is 5.75 Å². The van der Waals surface area contributed by atoms with E-state index in [1.165, 1.54) is 6.20 Å². The van der Waals surface area contributed by atoms with E-state index in [2.05, 4.69) is 10.3 Å². The first kappa shape index (κ1) is 16.9. The molecule has 0 radical (unpaired) electrons. The lowest BCUT2D eigenvalue weighted by Crippen LogP contribution is -2.26. The number of aliphatic hydroxyl groups is 1. The van der Waals surface area contributed by atoms with E-state index < -0.39 is 0 Å². The maximum Gasteiger partial charge on any atom is 0.158 e. The SMILES string of the molecule is OCCNc1ncc(O)c2c1C=CCN2Cc1cc(Cl)cc(Cl)c1. The van der Waals surface area contributed by atoms with Gasteiger partial charge >= 0.3 is 0 Å². The van der Waals surface area contributed by atoms with Crippen molar-refractivity contribution in [3.63, 3.8) is 0 Å². The molecule has 24 heavy (non-hydrogen) atoms. The summed E-state index contributed by atoms with van der Waals surface area (Å²) in [6, 6.07) is 5.40. The maximum atomic E-state index is 10.3. The Morgan fingerprint density at radius 2 is 1.96 bits per heavy atom. The van der Waals surface area contributed by atoms with Crippen molar-refractivity contribution >= 4 is 40.8 Å². The third-order valence-electron chi connectivity index (χ3n) is 3.70. The van der Waals surface area contributed by atoms with Gasteiger partial charge in [0, 0.05) is 35.2 Å². The van der Waals surface area contributed by atoms with Gasteiger partial charge in [-0.2, -0.15) is 0 Å². The van der Waals surface area contributed by atoms with Crippen molar-refractivity contribution in [1.82, 2.24) is 4.98 Å². The molecule has 2 heterocycles. The summed E-state index contributed by atoms with van der Waals surface area (Å²) in [6.45, 7) is 1.59. The summed E-state index contributed by atoms with van der Waals surface area (Å²) >= 11 is 12.1. The summed E-state index contributed by atoms with van der Waals surface area (Å²) in [4.78, 5) is 6.23. The van der Waals surface area contributed by atoms with Crippen molar-refractivity contribution in [2.45, 2.75) is 6.54 Å². The van der Waals surface area contributed by atoms with Gasteiger partial charge in [-0.1, -0.05) is 35.4 Å². The van der Waals surface area contributed by atoms with Crippen LogP contribution in [0.5, 0.6) is 5.75 Å². The Morgan fingerprint density at radius 1 is 1.21 bits per heavy atom. The standard InChI is InChI=1S/C17H17Cl2N3O2/c18-12-6-11(7-13(19)8-12)10-22-4-1-2-14-16(22)15(24)9-21-17(14)20-3-5-23/h1-2,6-9,23-24H,3-5,10H2,(H,20,21). The molecule has 7 heteroatoms. The number of aromatic nitrogens is 1. The third-order valence-corrected chi connectivity index (χ3v) is 4.13. The largest absolute Gasteiger partial charge is 0.504 e. The number of hydrogen-bond donors (Lipinski definition) is 3. The van der Waals surface area contributed by atoms with Crippen molar-refractivity contribution in [1.29, 1.82) is 0 Å². The van der Waals surface area contributed by atoms with Crippen molar-refractivity contribution in [2.24, 2.45) is 0 Å². The second-order valence-corrected chi connectivity index (χ2v) is 6.34. The fraction of sp³-hybridized carbons (Fsp3) is 0.235. The molecule has 3 N–H and O–H groups in total. The Bertz CT molecular complexity index is 760. The van der Waals surface area contributed by atoms with Gasteiger partial charge < -0.3 is 20.4 Å². The number of aromatic hydroxyl groups is 1. The lowest BCUT2D eigenvalue weighted by Gasteiger charge is -2.30. The lowest BCUT2D eigenvalue weighted by atomic mass is 10.1. The number of anilines is 2. The highest BCUT2D eigenvalue weighted by atomic mass is 35.5. The fourth-order valence-electron chi connectivity index (χ4n) is 2.77. The predicted octanol–water partition coefficient (Wildman–Crippen LogP) is 3.53. The van der Waals surface area contributed by atoms with E-state index in [9.17, 15) is 5.11 Å². The summed E-state index contributed by atoms with van der Waals surface area (Å²) in [5.74, 6) is 0.735. The fourth-order valence-corrected chi connectivity index (χ4v) is 3.34. The number of pyridine rings is 1. The molecule has 0 amide bonds. The van der Waals surface area contributed by atoms with Gasteiger partial charge in [-0.05, 0) is 23.8 Å². The van der Waals surface area contributed by atoms with E-state index in [0.29, 0.717) is 41.2 Å². The van der Waals surface area contributed by atoms with E-state index in [1.807, 2.05) is 29.2 Å². The number of halogens is 2. The van der Waals surface area contributed by atoms with Crippen LogP contribution in [-0.2, 0) is 6.54 Å². The molecule has 126 valence electrons. The van der Waals surface area contributed by atoms with E-state index in [0.717, 1.165) is 11.1 Å². The zero-order valence-electron chi connectivity index (χ0n) is 12.8. The van der Waals surface area contributed by atoms with Crippen molar-refractivity contribution < 1.29 is 10.2 Å². The third kappa shape index (κ3) is 3.59. The molecule has 0 fully saturated rings. The molecule has 1 aliphatic rings. The average Bonchev–Trinajstić information content (AvgIpc) is 2.53. The Kier molecular flexibility index (Phi) is 5.14. The van der Waals surface area contributed by atoms with Crippen LogP contribution in [0.1, 0.15) is 11.1 Å². The van der Waals surface area contributed by atoms with Gasteiger partial charge in [-0.15, -0.1) is 0 Å². The molecule has 0 saturated carbocycles. The molecule has 0 atom stereocenters.